The maximum absolute atomic E-state index is 13.4. The number of rotatable bonds is 5. The SMILES string of the molecule is CC(C)Oc1ccc2c(NC3CCN(c4ccccc4C(F)(F)F)C3)ccnc2c1. The molecule has 158 valence electrons. The Morgan fingerprint density at radius 3 is 2.70 bits per heavy atom. The van der Waals surface area contributed by atoms with Crippen molar-refractivity contribution in [3.05, 3.63) is 60.3 Å². The number of anilines is 2. The van der Waals surface area contributed by atoms with Gasteiger partial charge >= 0.3 is 6.18 Å². The average molecular weight is 415 g/mol. The van der Waals surface area contributed by atoms with E-state index >= 15 is 0 Å². The molecule has 2 aromatic carbocycles. The third-order valence-electron chi connectivity index (χ3n) is 5.18. The van der Waals surface area contributed by atoms with Gasteiger partial charge < -0.3 is 15.0 Å². The molecule has 4 rings (SSSR count). The van der Waals surface area contributed by atoms with Gasteiger partial charge in [-0.05, 0) is 50.6 Å². The van der Waals surface area contributed by atoms with Crippen molar-refractivity contribution in [1.82, 2.24) is 4.98 Å². The topological polar surface area (TPSA) is 37.4 Å². The molecule has 0 saturated carbocycles. The summed E-state index contributed by atoms with van der Waals surface area (Å²) < 4.78 is 45.9. The number of halogens is 3. The van der Waals surface area contributed by atoms with Crippen LogP contribution in [-0.4, -0.2) is 30.2 Å². The van der Waals surface area contributed by atoms with Crippen LogP contribution >= 0.6 is 0 Å². The predicted molar refractivity (Wildman–Crippen MR) is 113 cm³/mol. The van der Waals surface area contributed by atoms with Crippen LogP contribution < -0.4 is 15.0 Å². The molecule has 1 saturated heterocycles. The number of nitrogens with zero attached hydrogens (tertiary/aromatic N) is 2. The second-order valence-electron chi connectivity index (χ2n) is 7.79. The number of pyridine rings is 1. The van der Waals surface area contributed by atoms with Crippen molar-refractivity contribution in [3.8, 4) is 5.75 Å². The lowest BCUT2D eigenvalue weighted by molar-refractivity contribution is -0.137. The van der Waals surface area contributed by atoms with Gasteiger partial charge in [0.25, 0.3) is 0 Å². The maximum atomic E-state index is 13.4. The van der Waals surface area contributed by atoms with E-state index in [0.29, 0.717) is 13.1 Å². The summed E-state index contributed by atoms with van der Waals surface area (Å²) >= 11 is 0. The Balaban J connectivity index is 1.52. The second kappa shape index (κ2) is 8.05. The van der Waals surface area contributed by atoms with Crippen LogP contribution in [0.1, 0.15) is 25.8 Å². The Kier molecular flexibility index (Phi) is 5.45. The highest BCUT2D eigenvalue weighted by Crippen LogP contribution is 2.38. The van der Waals surface area contributed by atoms with E-state index in [4.69, 9.17) is 4.74 Å². The molecule has 1 aliphatic heterocycles. The fourth-order valence-corrected chi connectivity index (χ4v) is 3.91. The third kappa shape index (κ3) is 4.30. The zero-order valence-corrected chi connectivity index (χ0v) is 16.9. The minimum atomic E-state index is -4.36. The van der Waals surface area contributed by atoms with Gasteiger partial charge in [0.05, 0.1) is 17.2 Å². The van der Waals surface area contributed by atoms with Gasteiger partial charge in [-0.25, -0.2) is 0 Å². The summed E-state index contributed by atoms with van der Waals surface area (Å²) in [5.41, 5.74) is 1.39. The number of para-hydroxylation sites is 1. The highest BCUT2D eigenvalue weighted by Gasteiger charge is 2.36. The number of hydrogen-bond donors (Lipinski definition) is 1. The van der Waals surface area contributed by atoms with Crippen LogP contribution in [0.4, 0.5) is 24.5 Å². The van der Waals surface area contributed by atoms with Gasteiger partial charge in [-0.1, -0.05) is 12.1 Å². The summed E-state index contributed by atoms with van der Waals surface area (Å²) in [6.45, 7) is 5.02. The molecule has 1 fully saturated rings. The summed E-state index contributed by atoms with van der Waals surface area (Å²) in [7, 11) is 0. The zero-order chi connectivity index (χ0) is 21.3. The molecule has 1 unspecified atom stereocenters. The van der Waals surface area contributed by atoms with Gasteiger partial charge in [0.2, 0.25) is 0 Å². The van der Waals surface area contributed by atoms with Gasteiger partial charge in [-0.3, -0.25) is 4.98 Å². The highest BCUT2D eigenvalue weighted by atomic mass is 19.4. The van der Waals surface area contributed by atoms with Crippen molar-refractivity contribution in [2.24, 2.45) is 0 Å². The van der Waals surface area contributed by atoms with Crippen molar-refractivity contribution in [3.63, 3.8) is 0 Å². The molecule has 1 atom stereocenters. The van der Waals surface area contributed by atoms with Gasteiger partial charge in [-0.15, -0.1) is 0 Å². The maximum Gasteiger partial charge on any atom is 0.418 e. The normalized spacial score (nSPS) is 17.0. The van der Waals surface area contributed by atoms with Crippen molar-refractivity contribution in [2.75, 3.05) is 23.3 Å². The van der Waals surface area contributed by atoms with Gasteiger partial charge in [-0.2, -0.15) is 13.2 Å². The standard InChI is InChI=1S/C23H24F3N3O/c1-15(2)30-17-7-8-18-20(9-11-27-21(18)13-17)28-16-10-12-29(14-16)22-6-4-3-5-19(22)23(24,25)26/h3-9,11,13,15-16H,10,12,14H2,1-2H3,(H,27,28). The van der Waals surface area contributed by atoms with Crippen LogP contribution in [0.25, 0.3) is 10.9 Å². The van der Waals surface area contributed by atoms with E-state index in [0.717, 1.165) is 34.8 Å². The monoisotopic (exact) mass is 415 g/mol. The first kappa shape index (κ1) is 20.3. The van der Waals surface area contributed by atoms with E-state index in [1.165, 1.54) is 6.07 Å². The molecule has 0 amide bonds. The second-order valence-corrected chi connectivity index (χ2v) is 7.79. The van der Waals surface area contributed by atoms with Crippen LogP contribution in [0.5, 0.6) is 5.75 Å². The van der Waals surface area contributed by atoms with Gasteiger partial charge in [0.15, 0.2) is 0 Å². The van der Waals surface area contributed by atoms with E-state index in [1.54, 1.807) is 23.2 Å². The first-order valence-electron chi connectivity index (χ1n) is 10.0. The lowest BCUT2D eigenvalue weighted by Gasteiger charge is -2.23. The number of fused-ring (bicyclic) bond motifs is 1. The molecule has 1 aliphatic rings. The molecule has 3 aromatic rings. The molecule has 0 bridgehead atoms. The van der Waals surface area contributed by atoms with E-state index in [1.807, 2.05) is 38.1 Å². The fraction of sp³-hybridized carbons (Fsp3) is 0.348. The van der Waals surface area contributed by atoms with Crippen LogP contribution in [0.2, 0.25) is 0 Å². The number of alkyl halides is 3. The van der Waals surface area contributed by atoms with Crippen molar-refractivity contribution in [1.29, 1.82) is 0 Å². The summed E-state index contributed by atoms with van der Waals surface area (Å²) in [5, 5.41) is 4.46. The molecule has 1 N–H and O–H groups in total. The quantitative estimate of drug-likeness (QED) is 0.577. The molecule has 2 heterocycles. The Bertz CT molecular complexity index is 1040. The van der Waals surface area contributed by atoms with Crippen LogP contribution in [0.15, 0.2) is 54.7 Å². The molecule has 0 aliphatic carbocycles. The van der Waals surface area contributed by atoms with Crippen LogP contribution in [0.3, 0.4) is 0 Å². The smallest absolute Gasteiger partial charge is 0.418 e. The van der Waals surface area contributed by atoms with Crippen LogP contribution in [-0.2, 0) is 6.18 Å². The Hall–Kier alpha value is -2.96. The van der Waals surface area contributed by atoms with Crippen molar-refractivity contribution < 1.29 is 17.9 Å². The van der Waals surface area contributed by atoms with E-state index < -0.39 is 11.7 Å². The van der Waals surface area contributed by atoms with E-state index in [9.17, 15) is 13.2 Å². The summed E-state index contributed by atoms with van der Waals surface area (Å²) in [6, 6.07) is 13.5. The minimum Gasteiger partial charge on any atom is -0.491 e. The van der Waals surface area contributed by atoms with E-state index in [-0.39, 0.29) is 17.8 Å². The molecule has 7 heteroatoms. The Morgan fingerprint density at radius 2 is 1.93 bits per heavy atom. The van der Waals surface area contributed by atoms with Crippen LogP contribution in [0, 0.1) is 0 Å². The molecule has 30 heavy (non-hydrogen) atoms. The highest BCUT2D eigenvalue weighted by molar-refractivity contribution is 5.92. The fourth-order valence-electron chi connectivity index (χ4n) is 3.91. The Morgan fingerprint density at radius 1 is 1.13 bits per heavy atom. The number of benzene rings is 2. The first-order valence-corrected chi connectivity index (χ1v) is 10.0. The molecule has 0 spiro atoms. The molecular weight excluding hydrogens is 391 g/mol. The summed E-state index contributed by atoms with van der Waals surface area (Å²) in [5.74, 6) is 0.762. The lowest BCUT2D eigenvalue weighted by Crippen LogP contribution is -2.27. The van der Waals surface area contributed by atoms with Gasteiger partial charge in [0.1, 0.15) is 5.75 Å². The predicted octanol–water partition coefficient (Wildman–Crippen LogP) is 5.73. The Labute approximate surface area is 173 Å². The largest absolute Gasteiger partial charge is 0.491 e. The zero-order valence-electron chi connectivity index (χ0n) is 16.9. The molecule has 4 nitrogen and oxygen atoms in total. The number of aromatic nitrogens is 1. The summed E-state index contributed by atoms with van der Waals surface area (Å²) in [6.07, 6.45) is -1.80. The molecule has 1 aromatic heterocycles. The van der Waals surface area contributed by atoms with Gasteiger partial charge in [0, 0.05) is 48.2 Å². The minimum absolute atomic E-state index is 0.0449. The number of hydrogen-bond acceptors (Lipinski definition) is 4. The van der Waals surface area contributed by atoms with E-state index in [2.05, 4.69) is 10.3 Å². The third-order valence-corrected chi connectivity index (χ3v) is 5.18. The summed E-state index contributed by atoms with van der Waals surface area (Å²) in [4.78, 5) is 6.23. The lowest BCUT2D eigenvalue weighted by atomic mass is 10.1. The first-order chi connectivity index (χ1) is 14.3. The molecular formula is C23H24F3N3O. The van der Waals surface area contributed by atoms with Crippen molar-refractivity contribution >= 4 is 22.3 Å². The molecule has 0 radical (unpaired) electrons. The number of ether oxygens (including phenoxy) is 1. The van der Waals surface area contributed by atoms with Crippen molar-refractivity contribution in [2.45, 2.75) is 38.6 Å². The number of nitrogens with one attached hydrogen (secondary N) is 1. The average Bonchev–Trinajstić information content (AvgIpc) is 3.15.